The van der Waals surface area contributed by atoms with Crippen LogP contribution in [0, 0.1) is 0 Å². The molecular weight excluding hydrogens is 194 g/mol. The second kappa shape index (κ2) is 3.62. The molecule has 82 valence electrons. The molecule has 0 spiro atoms. The Bertz CT molecular complexity index is 341. The van der Waals surface area contributed by atoms with E-state index in [2.05, 4.69) is 22.3 Å². The van der Waals surface area contributed by atoms with E-state index < -0.39 is 0 Å². The van der Waals surface area contributed by atoms with E-state index >= 15 is 0 Å². The number of carbonyl (C=O) groups excluding carboxylic acids is 1. The van der Waals surface area contributed by atoms with Gasteiger partial charge in [0.25, 0.3) is 5.91 Å². The molecule has 1 aromatic heterocycles. The average Bonchev–Trinajstić information content (AvgIpc) is 2.66. The van der Waals surface area contributed by atoms with Crippen LogP contribution in [-0.2, 0) is 0 Å². The van der Waals surface area contributed by atoms with Crippen molar-refractivity contribution in [1.82, 2.24) is 20.3 Å². The SMILES string of the molecule is CCCC1(N)CN(C(=O)c2cn[nH]n2)C1. The molecule has 1 amide bonds. The summed E-state index contributed by atoms with van der Waals surface area (Å²) in [5, 5.41) is 9.77. The molecule has 15 heavy (non-hydrogen) atoms. The van der Waals surface area contributed by atoms with Crippen LogP contribution < -0.4 is 5.73 Å². The number of carbonyl (C=O) groups is 1. The summed E-state index contributed by atoms with van der Waals surface area (Å²) < 4.78 is 0. The Morgan fingerprint density at radius 1 is 1.73 bits per heavy atom. The summed E-state index contributed by atoms with van der Waals surface area (Å²) in [6, 6.07) is 0. The Kier molecular flexibility index (Phi) is 2.44. The number of H-pyrrole nitrogens is 1. The monoisotopic (exact) mass is 209 g/mol. The molecule has 0 saturated carbocycles. The highest BCUT2D eigenvalue weighted by Crippen LogP contribution is 2.24. The normalized spacial score (nSPS) is 18.7. The van der Waals surface area contributed by atoms with Crippen LogP contribution in [0.15, 0.2) is 6.20 Å². The van der Waals surface area contributed by atoms with E-state index in [-0.39, 0.29) is 11.4 Å². The van der Waals surface area contributed by atoms with Crippen molar-refractivity contribution in [1.29, 1.82) is 0 Å². The number of rotatable bonds is 3. The Labute approximate surface area is 87.8 Å². The molecule has 2 rings (SSSR count). The number of amides is 1. The topological polar surface area (TPSA) is 87.9 Å². The average molecular weight is 209 g/mol. The van der Waals surface area contributed by atoms with Gasteiger partial charge < -0.3 is 10.6 Å². The first kappa shape index (κ1) is 10.1. The van der Waals surface area contributed by atoms with Gasteiger partial charge in [0.1, 0.15) is 0 Å². The third-order valence-electron chi connectivity index (χ3n) is 2.68. The van der Waals surface area contributed by atoms with E-state index in [0.717, 1.165) is 12.8 Å². The van der Waals surface area contributed by atoms with Crippen LogP contribution >= 0.6 is 0 Å². The lowest BCUT2D eigenvalue weighted by atomic mass is 9.86. The molecule has 1 aliphatic rings. The second-order valence-corrected chi connectivity index (χ2v) is 4.13. The highest BCUT2D eigenvalue weighted by atomic mass is 16.2. The molecule has 0 unspecified atom stereocenters. The molecule has 1 fully saturated rings. The molecule has 0 atom stereocenters. The van der Waals surface area contributed by atoms with E-state index in [1.165, 1.54) is 6.20 Å². The van der Waals surface area contributed by atoms with Gasteiger partial charge >= 0.3 is 0 Å². The third kappa shape index (κ3) is 1.85. The van der Waals surface area contributed by atoms with Crippen molar-refractivity contribution < 1.29 is 4.79 Å². The minimum Gasteiger partial charge on any atom is -0.333 e. The quantitative estimate of drug-likeness (QED) is 0.719. The summed E-state index contributed by atoms with van der Waals surface area (Å²) >= 11 is 0. The Morgan fingerprint density at radius 3 is 3.00 bits per heavy atom. The molecule has 6 nitrogen and oxygen atoms in total. The molecule has 0 bridgehead atoms. The fourth-order valence-corrected chi connectivity index (χ4v) is 1.98. The minimum absolute atomic E-state index is 0.0964. The summed E-state index contributed by atoms with van der Waals surface area (Å²) in [6.07, 6.45) is 3.43. The molecule has 1 aromatic rings. The third-order valence-corrected chi connectivity index (χ3v) is 2.68. The van der Waals surface area contributed by atoms with Crippen molar-refractivity contribution in [2.75, 3.05) is 13.1 Å². The van der Waals surface area contributed by atoms with Gasteiger partial charge in [-0.05, 0) is 6.42 Å². The standard InChI is InChI=1S/C9H15N5O/c1-2-3-9(10)5-14(6-9)8(15)7-4-11-13-12-7/h4H,2-3,5-6,10H2,1H3,(H,11,12,13). The lowest BCUT2D eigenvalue weighted by Gasteiger charge is -2.47. The molecule has 3 N–H and O–H groups in total. The zero-order valence-corrected chi connectivity index (χ0v) is 8.73. The van der Waals surface area contributed by atoms with Gasteiger partial charge in [-0.15, -0.1) is 0 Å². The van der Waals surface area contributed by atoms with Crippen LogP contribution in [0.3, 0.4) is 0 Å². The van der Waals surface area contributed by atoms with E-state index in [4.69, 9.17) is 5.73 Å². The van der Waals surface area contributed by atoms with Crippen LogP contribution in [0.4, 0.5) is 0 Å². The van der Waals surface area contributed by atoms with E-state index in [1.807, 2.05) is 0 Å². The maximum atomic E-state index is 11.7. The fraction of sp³-hybridized carbons (Fsp3) is 0.667. The first-order valence-electron chi connectivity index (χ1n) is 5.08. The summed E-state index contributed by atoms with van der Waals surface area (Å²) in [5.41, 5.74) is 6.23. The predicted molar refractivity (Wildman–Crippen MR) is 54.1 cm³/mol. The van der Waals surface area contributed by atoms with Gasteiger partial charge in [0.15, 0.2) is 5.69 Å². The second-order valence-electron chi connectivity index (χ2n) is 4.13. The van der Waals surface area contributed by atoms with Crippen molar-refractivity contribution in [3.8, 4) is 0 Å². The molecular formula is C9H15N5O. The molecule has 0 aliphatic carbocycles. The lowest BCUT2D eigenvalue weighted by molar-refractivity contribution is 0.0381. The molecule has 1 aliphatic heterocycles. The van der Waals surface area contributed by atoms with Crippen molar-refractivity contribution in [3.05, 3.63) is 11.9 Å². The largest absolute Gasteiger partial charge is 0.333 e. The Morgan fingerprint density at radius 2 is 2.47 bits per heavy atom. The van der Waals surface area contributed by atoms with Gasteiger partial charge in [0.05, 0.1) is 11.7 Å². The molecule has 0 aromatic carbocycles. The van der Waals surface area contributed by atoms with Gasteiger partial charge in [-0.2, -0.15) is 15.4 Å². The Hall–Kier alpha value is -1.43. The summed E-state index contributed by atoms with van der Waals surface area (Å²) in [5.74, 6) is -0.0964. The van der Waals surface area contributed by atoms with Gasteiger partial charge in [-0.25, -0.2) is 0 Å². The number of aromatic amines is 1. The van der Waals surface area contributed by atoms with E-state index in [0.29, 0.717) is 18.8 Å². The van der Waals surface area contributed by atoms with Crippen LogP contribution in [0.5, 0.6) is 0 Å². The number of nitrogens with two attached hydrogens (primary N) is 1. The zero-order valence-electron chi connectivity index (χ0n) is 8.73. The van der Waals surface area contributed by atoms with Crippen LogP contribution in [0.1, 0.15) is 30.3 Å². The summed E-state index contributed by atoms with van der Waals surface area (Å²) in [6.45, 7) is 3.33. The molecule has 0 radical (unpaired) electrons. The Balaban J connectivity index is 1.92. The lowest BCUT2D eigenvalue weighted by Crippen LogP contribution is -2.68. The van der Waals surface area contributed by atoms with E-state index in [9.17, 15) is 4.79 Å². The summed E-state index contributed by atoms with van der Waals surface area (Å²) in [4.78, 5) is 13.4. The molecule has 1 saturated heterocycles. The van der Waals surface area contributed by atoms with Crippen molar-refractivity contribution in [2.24, 2.45) is 5.73 Å². The highest BCUT2D eigenvalue weighted by molar-refractivity contribution is 5.92. The van der Waals surface area contributed by atoms with Gasteiger partial charge in [0.2, 0.25) is 0 Å². The number of likely N-dealkylation sites (tertiary alicyclic amines) is 1. The maximum absolute atomic E-state index is 11.7. The summed E-state index contributed by atoms with van der Waals surface area (Å²) in [7, 11) is 0. The highest BCUT2D eigenvalue weighted by Gasteiger charge is 2.41. The van der Waals surface area contributed by atoms with Crippen molar-refractivity contribution >= 4 is 5.91 Å². The molecule has 6 heteroatoms. The van der Waals surface area contributed by atoms with Crippen LogP contribution in [0.25, 0.3) is 0 Å². The number of nitrogens with zero attached hydrogens (tertiary/aromatic N) is 3. The zero-order chi connectivity index (χ0) is 10.9. The number of aromatic nitrogens is 3. The number of hydrogen-bond acceptors (Lipinski definition) is 4. The number of nitrogens with one attached hydrogen (secondary N) is 1. The van der Waals surface area contributed by atoms with Crippen LogP contribution in [0.2, 0.25) is 0 Å². The van der Waals surface area contributed by atoms with Crippen LogP contribution in [-0.4, -0.2) is 44.8 Å². The van der Waals surface area contributed by atoms with E-state index in [1.54, 1.807) is 4.90 Å². The predicted octanol–water partition coefficient (Wildman–Crippen LogP) is -0.242. The first-order valence-corrected chi connectivity index (χ1v) is 5.08. The number of hydrogen-bond donors (Lipinski definition) is 2. The van der Waals surface area contributed by atoms with Gasteiger partial charge in [-0.1, -0.05) is 13.3 Å². The van der Waals surface area contributed by atoms with Gasteiger partial charge in [-0.3, -0.25) is 4.79 Å². The first-order chi connectivity index (χ1) is 7.14. The van der Waals surface area contributed by atoms with Crippen molar-refractivity contribution in [3.63, 3.8) is 0 Å². The fourth-order valence-electron chi connectivity index (χ4n) is 1.98. The van der Waals surface area contributed by atoms with Crippen molar-refractivity contribution in [2.45, 2.75) is 25.3 Å². The van der Waals surface area contributed by atoms with Gasteiger partial charge in [0, 0.05) is 13.1 Å². The minimum atomic E-state index is -0.186. The smallest absolute Gasteiger partial charge is 0.276 e. The maximum Gasteiger partial charge on any atom is 0.276 e. The molecule has 2 heterocycles.